The molecule has 7 heteroatoms. The van der Waals surface area contributed by atoms with Crippen LogP contribution in [0.1, 0.15) is 22.2 Å². The Morgan fingerprint density at radius 1 is 1.24 bits per heavy atom. The molecule has 7 nitrogen and oxygen atoms in total. The lowest BCUT2D eigenvalue weighted by molar-refractivity contribution is -0.0246. The summed E-state index contributed by atoms with van der Waals surface area (Å²) in [4.78, 5) is 19.1. The van der Waals surface area contributed by atoms with E-state index in [0.717, 1.165) is 11.5 Å². The molecule has 1 fully saturated rings. The van der Waals surface area contributed by atoms with Crippen LogP contribution >= 0.6 is 0 Å². The average Bonchev–Trinajstić information content (AvgIpc) is 3.15. The van der Waals surface area contributed by atoms with Gasteiger partial charge in [0.1, 0.15) is 11.9 Å². The highest BCUT2D eigenvalue weighted by Gasteiger charge is 2.28. The largest absolute Gasteiger partial charge is 0.454 e. The van der Waals surface area contributed by atoms with Gasteiger partial charge < -0.3 is 24.4 Å². The fraction of sp³-hybridized carbons (Fsp3) is 0.333. The van der Waals surface area contributed by atoms with Crippen LogP contribution in [0.25, 0.3) is 0 Å². The molecule has 0 aliphatic carbocycles. The Hall–Kier alpha value is -2.80. The summed E-state index contributed by atoms with van der Waals surface area (Å²) in [6.07, 6.45) is -0.236. The number of amides is 1. The van der Waals surface area contributed by atoms with Gasteiger partial charge in [0.15, 0.2) is 11.5 Å². The zero-order valence-electron chi connectivity index (χ0n) is 13.9. The number of fused-ring (bicyclic) bond motifs is 1. The maximum Gasteiger partial charge on any atom is 0.254 e. The number of hydrogen-bond donors (Lipinski definition) is 1. The van der Waals surface area contributed by atoms with Gasteiger partial charge in [-0.05, 0) is 30.3 Å². The van der Waals surface area contributed by atoms with Crippen LogP contribution in [-0.4, -0.2) is 49.3 Å². The van der Waals surface area contributed by atoms with Crippen molar-refractivity contribution in [1.82, 2.24) is 9.88 Å². The van der Waals surface area contributed by atoms with E-state index in [0.29, 0.717) is 36.8 Å². The molecule has 2 aliphatic heterocycles. The van der Waals surface area contributed by atoms with Crippen LogP contribution in [0.5, 0.6) is 11.5 Å². The van der Waals surface area contributed by atoms with Crippen molar-refractivity contribution in [2.45, 2.75) is 6.10 Å². The summed E-state index contributed by atoms with van der Waals surface area (Å²) in [5.41, 5.74) is 1.40. The molecule has 1 atom stereocenters. The van der Waals surface area contributed by atoms with Crippen LogP contribution in [0.15, 0.2) is 36.4 Å². The van der Waals surface area contributed by atoms with Crippen molar-refractivity contribution in [3.8, 4) is 11.5 Å². The maximum absolute atomic E-state index is 12.8. The van der Waals surface area contributed by atoms with Gasteiger partial charge in [-0.3, -0.25) is 4.79 Å². The highest BCUT2D eigenvalue weighted by Crippen LogP contribution is 2.33. The van der Waals surface area contributed by atoms with E-state index in [1.54, 1.807) is 23.1 Å². The number of benzene rings is 1. The number of ether oxygens (including phenoxy) is 3. The lowest BCUT2D eigenvalue weighted by atomic mass is 10.1. The fourth-order valence-corrected chi connectivity index (χ4v) is 2.99. The highest BCUT2D eigenvalue weighted by atomic mass is 16.7. The van der Waals surface area contributed by atoms with Gasteiger partial charge in [0.25, 0.3) is 5.91 Å². The van der Waals surface area contributed by atoms with E-state index >= 15 is 0 Å². The summed E-state index contributed by atoms with van der Waals surface area (Å²) in [7, 11) is 1.82. The third-order valence-electron chi connectivity index (χ3n) is 4.33. The lowest BCUT2D eigenvalue weighted by Crippen LogP contribution is -2.42. The average molecular weight is 341 g/mol. The van der Waals surface area contributed by atoms with Crippen molar-refractivity contribution in [2.75, 3.05) is 38.9 Å². The molecular weight excluding hydrogens is 322 g/mol. The Labute approximate surface area is 145 Å². The number of rotatable bonds is 3. The SMILES string of the molecule is CNc1cccc([C@@H]2CN(C(=O)c3ccc4c(c3)OCO4)CCO2)n1. The Morgan fingerprint density at radius 3 is 3.00 bits per heavy atom. The molecule has 1 amide bonds. The number of nitrogens with zero attached hydrogens (tertiary/aromatic N) is 2. The first-order valence-electron chi connectivity index (χ1n) is 8.20. The quantitative estimate of drug-likeness (QED) is 0.921. The van der Waals surface area contributed by atoms with Crippen molar-refractivity contribution in [2.24, 2.45) is 0 Å². The molecule has 2 aromatic rings. The summed E-state index contributed by atoms with van der Waals surface area (Å²) in [5.74, 6) is 2.01. The monoisotopic (exact) mass is 341 g/mol. The molecule has 3 heterocycles. The van der Waals surface area contributed by atoms with Crippen molar-refractivity contribution in [3.05, 3.63) is 47.7 Å². The van der Waals surface area contributed by atoms with Gasteiger partial charge in [0, 0.05) is 19.2 Å². The van der Waals surface area contributed by atoms with Crippen LogP contribution < -0.4 is 14.8 Å². The van der Waals surface area contributed by atoms with E-state index in [4.69, 9.17) is 14.2 Å². The van der Waals surface area contributed by atoms with E-state index in [1.807, 2.05) is 25.2 Å². The first kappa shape index (κ1) is 15.7. The summed E-state index contributed by atoms with van der Waals surface area (Å²) >= 11 is 0. The van der Waals surface area contributed by atoms with Gasteiger partial charge in [-0.25, -0.2) is 4.98 Å². The molecule has 0 bridgehead atoms. The number of morpholine rings is 1. The first-order valence-corrected chi connectivity index (χ1v) is 8.20. The second-order valence-electron chi connectivity index (χ2n) is 5.88. The van der Waals surface area contributed by atoms with Crippen LogP contribution in [0.2, 0.25) is 0 Å². The number of hydrogen-bond acceptors (Lipinski definition) is 6. The van der Waals surface area contributed by atoms with E-state index < -0.39 is 0 Å². The molecule has 0 radical (unpaired) electrons. The van der Waals surface area contributed by atoms with Gasteiger partial charge in [-0.2, -0.15) is 0 Å². The van der Waals surface area contributed by atoms with E-state index in [1.165, 1.54) is 0 Å². The van der Waals surface area contributed by atoms with Crippen molar-refractivity contribution in [1.29, 1.82) is 0 Å². The minimum Gasteiger partial charge on any atom is -0.454 e. The number of carbonyl (C=O) groups is 1. The van der Waals surface area contributed by atoms with E-state index in [-0.39, 0.29) is 18.8 Å². The van der Waals surface area contributed by atoms with Crippen LogP contribution in [0.4, 0.5) is 5.82 Å². The van der Waals surface area contributed by atoms with Crippen molar-refractivity contribution >= 4 is 11.7 Å². The fourth-order valence-electron chi connectivity index (χ4n) is 2.99. The minimum absolute atomic E-state index is 0.0450. The molecule has 0 spiro atoms. The zero-order valence-corrected chi connectivity index (χ0v) is 13.9. The molecule has 0 unspecified atom stereocenters. The van der Waals surface area contributed by atoms with E-state index in [9.17, 15) is 4.79 Å². The number of anilines is 1. The maximum atomic E-state index is 12.8. The van der Waals surface area contributed by atoms with E-state index in [2.05, 4.69) is 10.3 Å². The minimum atomic E-state index is -0.236. The van der Waals surface area contributed by atoms with Crippen molar-refractivity contribution < 1.29 is 19.0 Å². The van der Waals surface area contributed by atoms with Crippen LogP contribution in [0, 0.1) is 0 Å². The normalized spacial score (nSPS) is 18.9. The zero-order chi connectivity index (χ0) is 17.2. The molecule has 0 saturated carbocycles. The molecular formula is C18H19N3O4. The third kappa shape index (κ3) is 3.10. The second kappa shape index (κ2) is 6.60. The number of pyridine rings is 1. The Bertz CT molecular complexity index is 796. The molecule has 1 aromatic carbocycles. The molecule has 4 rings (SSSR count). The Balaban J connectivity index is 1.51. The van der Waals surface area contributed by atoms with Gasteiger partial charge in [-0.1, -0.05) is 6.07 Å². The smallest absolute Gasteiger partial charge is 0.254 e. The van der Waals surface area contributed by atoms with Crippen LogP contribution in [-0.2, 0) is 4.74 Å². The van der Waals surface area contributed by atoms with Crippen LogP contribution in [0.3, 0.4) is 0 Å². The third-order valence-corrected chi connectivity index (χ3v) is 4.33. The Kier molecular flexibility index (Phi) is 4.15. The number of carbonyl (C=O) groups excluding carboxylic acids is 1. The van der Waals surface area contributed by atoms with Gasteiger partial charge in [-0.15, -0.1) is 0 Å². The predicted molar refractivity (Wildman–Crippen MR) is 90.9 cm³/mol. The van der Waals surface area contributed by atoms with Gasteiger partial charge in [0.05, 0.1) is 18.8 Å². The molecule has 1 aromatic heterocycles. The second-order valence-corrected chi connectivity index (χ2v) is 5.88. The van der Waals surface area contributed by atoms with Gasteiger partial charge >= 0.3 is 0 Å². The Morgan fingerprint density at radius 2 is 2.12 bits per heavy atom. The summed E-state index contributed by atoms with van der Waals surface area (Å²) < 4.78 is 16.5. The molecule has 2 aliphatic rings. The van der Waals surface area contributed by atoms with Gasteiger partial charge in [0.2, 0.25) is 6.79 Å². The molecule has 1 saturated heterocycles. The van der Waals surface area contributed by atoms with Crippen molar-refractivity contribution in [3.63, 3.8) is 0 Å². The summed E-state index contributed by atoms with van der Waals surface area (Å²) in [6, 6.07) is 11.0. The lowest BCUT2D eigenvalue weighted by Gasteiger charge is -2.32. The predicted octanol–water partition coefficient (Wildman–Crippen LogP) is 2.07. The summed E-state index contributed by atoms with van der Waals surface area (Å²) in [5, 5.41) is 3.02. The molecule has 1 N–H and O–H groups in total. The standard InChI is InChI=1S/C18H19N3O4/c1-19-17-4-2-3-13(20-17)16-10-21(7-8-23-16)18(22)12-5-6-14-15(9-12)25-11-24-14/h2-6,9,16H,7-8,10-11H2,1H3,(H,19,20)/t16-/m0/s1. The number of aromatic nitrogens is 1. The highest BCUT2D eigenvalue weighted by molar-refractivity contribution is 5.95. The molecule has 25 heavy (non-hydrogen) atoms. The topological polar surface area (TPSA) is 72.9 Å². The first-order chi connectivity index (χ1) is 12.2. The summed E-state index contributed by atoms with van der Waals surface area (Å²) in [6.45, 7) is 1.69. The molecule has 130 valence electrons. The number of nitrogens with one attached hydrogen (secondary N) is 1.